The van der Waals surface area contributed by atoms with Crippen molar-refractivity contribution in [3.8, 4) is 11.6 Å². The second-order valence-corrected chi connectivity index (χ2v) is 7.77. The van der Waals surface area contributed by atoms with Crippen LogP contribution in [0.1, 0.15) is 46.8 Å². The van der Waals surface area contributed by atoms with E-state index in [1.54, 1.807) is 12.1 Å². The molecule has 5 nitrogen and oxygen atoms in total. The predicted octanol–water partition coefficient (Wildman–Crippen LogP) is 5.01. The number of hydrogen-bond acceptors (Lipinski definition) is 5. The fraction of sp³-hybridized carbons (Fsp3) is 0.273. The Kier molecular flexibility index (Phi) is 6.61. The number of hydrogen-bond donors (Lipinski definition) is 2. The molecule has 0 aliphatic rings. The first-order chi connectivity index (χ1) is 13.9. The molecular weight excluding hydrogens is 391 g/mol. The molecule has 0 unspecified atom stereocenters. The van der Waals surface area contributed by atoms with E-state index >= 15 is 0 Å². The van der Waals surface area contributed by atoms with Crippen molar-refractivity contribution >= 4 is 17.2 Å². The van der Waals surface area contributed by atoms with Crippen molar-refractivity contribution in [2.45, 2.75) is 38.8 Å². The van der Waals surface area contributed by atoms with Gasteiger partial charge in [0.2, 0.25) is 5.88 Å². The predicted molar refractivity (Wildman–Crippen MR) is 111 cm³/mol. The van der Waals surface area contributed by atoms with Gasteiger partial charge < -0.3 is 15.2 Å². The molecule has 0 aliphatic carbocycles. The van der Waals surface area contributed by atoms with Crippen molar-refractivity contribution in [1.82, 2.24) is 10.3 Å². The van der Waals surface area contributed by atoms with E-state index in [1.807, 2.05) is 26.0 Å². The number of pyridine rings is 1. The van der Waals surface area contributed by atoms with E-state index in [0.717, 1.165) is 9.75 Å². The maximum absolute atomic E-state index is 13.1. The summed E-state index contributed by atoms with van der Waals surface area (Å²) in [5.74, 6) is -0.161. The number of carbonyl (C=O) groups excluding carboxylic acids is 1. The second-order valence-electron chi connectivity index (χ2n) is 6.60. The zero-order valence-corrected chi connectivity index (χ0v) is 17.1. The molecule has 1 amide bonds. The van der Waals surface area contributed by atoms with E-state index in [4.69, 9.17) is 4.74 Å². The number of aliphatic hydroxyl groups is 1. The number of thiophene rings is 1. The van der Waals surface area contributed by atoms with Gasteiger partial charge in [0.25, 0.3) is 5.91 Å². The molecule has 1 aromatic carbocycles. The Bertz CT molecular complexity index is 968. The Hall–Kier alpha value is -2.77. The number of aromatic nitrogens is 1. The van der Waals surface area contributed by atoms with Gasteiger partial charge in [0.15, 0.2) is 0 Å². The van der Waals surface area contributed by atoms with Gasteiger partial charge in [-0.25, -0.2) is 9.37 Å². The maximum atomic E-state index is 13.1. The lowest BCUT2D eigenvalue weighted by Crippen LogP contribution is -2.23. The smallest absolute Gasteiger partial charge is 0.257 e. The Morgan fingerprint density at radius 1 is 1.17 bits per heavy atom. The summed E-state index contributed by atoms with van der Waals surface area (Å²) in [5, 5.41) is 13.5. The summed E-state index contributed by atoms with van der Waals surface area (Å²) >= 11 is 1.49. The molecular formula is C22H23FN2O3S. The van der Waals surface area contributed by atoms with Crippen LogP contribution in [0.4, 0.5) is 4.39 Å². The highest BCUT2D eigenvalue weighted by atomic mass is 32.1. The normalized spacial score (nSPS) is 11.3. The molecule has 0 fully saturated rings. The highest BCUT2D eigenvalue weighted by molar-refractivity contribution is 7.12. The fourth-order valence-corrected chi connectivity index (χ4v) is 4.02. The Labute approximate surface area is 173 Å². The third kappa shape index (κ3) is 4.99. The summed E-state index contributed by atoms with van der Waals surface area (Å²) in [7, 11) is 0. The lowest BCUT2D eigenvalue weighted by atomic mass is 9.96. The van der Waals surface area contributed by atoms with Gasteiger partial charge in [0.05, 0.1) is 12.1 Å². The Morgan fingerprint density at radius 3 is 2.59 bits per heavy atom. The Balaban J connectivity index is 1.69. The topological polar surface area (TPSA) is 71.5 Å². The summed E-state index contributed by atoms with van der Waals surface area (Å²) < 4.78 is 18.7. The van der Waals surface area contributed by atoms with Gasteiger partial charge in [0, 0.05) is 16.0 Å². The molecule has 0 atom stereocenters. The van der Waals surface area contributed by atoms with Crippen LogP contribution in [0.15, 0.2) is 54.7 Å². The SMILES string of the molecule is CCC(O)(CC)c1ccc(CNC(=O)c2cccnc2Oc2ccc(F)cc2)s1. The van der Waals surface area contributed by atoms with Crippen LogP contribution < -0.4 is 10.1 Å². The fourth-order valence-electron chi connectivity index (χ4n) is 2.84. The first-order valence-corrected chi connectivity index (χ1v) is 10.2. The van der Waals surface area contributed by atoms with Gasteiger partial charge in [-0.05, 0) is 61.4 Å². The average Bonchev–Trinajstić information content (AvgIpc) is 3.23. The molecule has 152 valence electrons. The van der Waals surface area contributed by atoms with Crippen LogP contribution in [0.3, 0.4) is 0 Å². The summed E-state index contributed by atoms with van der Waals surface area (Å²) in [4.78, 5) is 18.6. The number of carbonyl (C=O) groups is 1. The molecule has 0 bridgehead atoms. The standard InChI is InChI=1S/C22H23FN2O3S/c1-3-22(27,4-2)19-12-11-17(29-19)14-25-20(26)18-6-5-13-24-21(18)28-16-9-7-15(23)8-10-16/h5-13,27H,3-4,14H2,1-2H3,(H,25,26). The molecule has 2 N–H and O–H groups in total. The number of benzene rings is 1. The molecule has 7 heteroatoms. The van der Waals surface area contributed by atoms with Gasteiger partial charge in [-0.15, -0.1) is 11.3 Å². The highest BCUT2D eigenvalue weighted by Crippen LogP contribution is 2.33. The van der Waals surface area contributed by atoms with Gasteiger partial charge in [-0.2, -0.15) is 0 Å². The second kappa shape index (κ2) is 9.15. The molecule has 3 aromatic rings. The summed E-state index contributed by atoms with van der Waals surface area (Å²) in [6.07, 6.45) is 2.79. The van der Waals surface area contributed by atoms with Gasteiger partial charge >= 0.3 is 0 Å². The number of halogens is 1. The van der Waals surface area contributed by atoms with Crippen LogP contribution in [0.2, 0.25) is 0 Å². The van der Waals surface area contributed by atoms with E-state index in [-0.39, 0.29) is 23.2 Å². The minimum atomic E-state index is -0.827. The van der Waals surface area contributed by atoms with Crippen LogP contribution in [0, 0.1) is 5.82 Å². The zero-order valence-electron chi connectivity index (χ0n) is 16.3. The van der Waals surface area contributed by atoms with Crippen molar-refractivity contribution in [2.24, 2.45) is 0 Å². The summed E-state index contributed by atoms with van der Waals surface area (Å²) in [6, 6.07) is 12.6. The molecule has 29 heavy (non-hydrogen) atoms. The lowest BCUT2D eigenvalue weighted by Gasteiger charge is -2.23. The molecule has 0 saturated carbocycles. The highest BCUT2D eigenvalue weighted by Gasteiger charge is 2.26. The first-order valence-electron chi connectivity index (χ1n) is 9.43. The molecule has 2 heterocycles. The number of nitrogens with one attached hydrogen (secondary N) is 1. The first kappa shape index (κ1) is 21.0. The van der Waals surface area contributed by atoms with Crippen LogP contribution >= 0.6 is 11.3 Å². The number of nitrogens with zero attached hydrogens (tertiary/aromatic N) is 1. The van der Waals surface area contributed by atoms with Crippen molar-refractivity contribution in [3.05, 3.63) is 75.9 Å². The molecule has 0 aliphatic heterocycles. The van der Waals surface area contributed by atoms with Crippen LogP contribution in [0.25, 0.3) is 0 Å². The third-order valence-electron chi connectivity index (χ3n) is 4.76. The zero-order chi connectivity index (χ0) is 20.9. The molecule has 2 aromatic heterocycles. The van der Waals surface area contributed by atoms with Crippen LogP contribution in [0.5, 0.6) is 11.6 Å². The Morgan fingerprint density at radius 2 is 1.90 bits per heavy atom. The number of amides is 1. The van der Waals surface area contributed by atoms with Crippen molar-refractivity contribution < 1.29 is 19.0 Å². The van der Waals surface area contributed by atoms with Crippen LogP contribution in [-0.4, -0.2) is 16.0 Å². The molecule has 0 saturated heterocycles. The van der Waals surface area contributed by atoms with E-state index in [2.05, 4.69) is 10.3 Å². The van der Waals surface area contributed by atoms with Gasteiger partial charge in [0.1, 0.15) is 17.1 Å². The van der Waals surface area contributed by atoms with E-state index in [9.17, 15) is 14.3 Å². The van der Waals surface area contributed by atoms with Gasteiger partial charge in [-0.1, -0.05) is 13.8 Å². The molecule has 0 radical (unpaired) electrons. The summed E-state index contributed by atoms with van der Waals surface area (Å²) in [6.45, 7) is 4.24. The lowest BCUT2D eigenvalue weighted by molar-refractivity contribution is 0.0321. The van der Waals surface area contributed by atoms with Crippen molar-refractivity contribution in [1.29, 1.82) is 0 Å². The number of rotatable bonds is 8. The van der Waals surface area contributed by atoms with Crippen molar-refractivity contribution in [3.63, 3.8) is 0 Å². The minimum absolute atomic E-state index is 0.148. The molecule has 0 spiro atoms. The third-order valence-corrected chi connectivity index (χ3v) is 6.04. The average molecular weight is 415 g/mol. The minimum Gasteiger partial charge on any atom is -0.438 e. The largest absolute Gasteiger partial charge is 0.438 e. The van der Waals surface area contributed by atoms with E-state index in [1.165, 1.54) is 41.8 Å². The summed E-state index contributed by atoms with van der Waals surface area (Å²) in [5.41, 5.74) is -0.542. The molecule has 3 rings (SSSR count). The van der Waals surface area contributed by atoms with E-state index < -0.39 is 5.60 Å². The number of ether oxygens (including phenoxy) is 1. The van der Waals surface area contributed by atoms with E-state index in [0.29, 0.717) is 25.1 Å². The quantitative estimate of drug-likeness (QED) is 0.543. The monoisotopic (exact) mass is 414 g/mol. The van der Waals surface area contributed by atoms with Crippen LogP contribution in [-0.2, 0) is 12.1 Å². The maximum Gasteiger partial charge on any atom is 0.257 e. The van der Waals surface area contributed by atoms with Gasteiger partial charge in [-0.3, -0.25) is 4.79 Å². The van der Waals surface area contributed by atoms with Crippen molar-refractivity contribution in [2.75, 3.05) is 0 Å².